The van der Waals surface area contributed by atoms with Crippen LogP contribution in [0.2, 0.25) is 0 Å². The van der Waals surface area contributed by atoms with Crippen molar-refractivity contribution in [3.05, 3.63) is 0 Å². The molecule has 0 aromatic carbocycles. The molecule has 0 atom stereocenters. The van der Waals surface area contributed by atoms with E-state index in [0.717, 1.165) is 0 Å². The molecule has 0 aliphatic carbocycles. The molecule has 0 saturated heterocycles. The summed E-state index contributed by atoms with van der Waals surface area (Å²) in [6, 6.07) is 0. The van der Waals surface area contributed by atoms with Crippen LogP contribution in [0.1, 0.15) is 0 Å². The van der Waals surface area contributed by atoms with E-state index in [9.17, 15) is 79.0 Å². The molecule has 0 rings (SSSR count). The van der Waals surface area contributed by atoms with E-state index in [-0.39, 0.29) is 26.2 Å². The molecule has 0 aromatic rings. The summed E-state index contributed by atoms with van der Waals surface area (Å²) in [6.07, 6.45) is -15.6. The van der Waals surface area contributed by atoms with Crippen molar-refractivity contribution in [2.75, 3.05) is 0 Å². The van der Waals surface area contributed by atoms with Crippen LogP contribution < -0.4 is 0 Å². The predicted octanol–water partition coefficient (Wildman–Crippen LogP) is 4.74. The molecule has 0 aromatic heterocycles. The Kier molecular flexibility index (Phi) is 7.31. The first kappa shape index (κ1) is 28.8. The van der Waals surface area contributed by atoms with Crippen molar-refractivity contribution in [2.45, 2.75) is 47.9 Å². The van der Waals surface area contributed by atoms with Crippen molar-refractivity contribution < 1.29 is 79.0 Å². The van der Waals surface area contributed by atoms with E-state index in [2.05, 4.69) is 0 Å². The number of alkyl halides is 18. The van der Waals surface area contributed by atoms with Crippen molar-refractivity contribution in [1.82, 2.24) is 0 Å². The molecule has 0 unspecified atom stereocenters. The van der Waals surface area contributed by atoms with Crippen LogP contribution >= 0.6 is 0 Å². The normalized spacial score (nSPS) is 16.2. The molecule has 0 bridgehead atoms. The Bertz CT molecular complexity index is 474. The van der Waals surface area contributed by atoms with Gasteiger partial charge in [0.15, 0.2) is 0 Å². The third-order valence-electron chi connectivity index (χ3n) is 2.68. The number of hydrogen-bond acceptors (Lipinski definition) is 0. The quantitative estimate of drug-likeness (QED) is 0.298. The van der Waals surface area contributed by atoms with Gasteiger partial charge in [0.25, 0.3) is 0 Å². The van der Waals surface area contributed by atoms with Crippen molar-refractivity contribution in [3.63, 3.8) is 0 Å². The first-order valence-corrected chi connectivity index (χ1v) is 5.15. The molecule has 0 spiro atoms. The van der Waals surface area contributed by atoms with Crippen molar-refractivity contribution in [3.8, 4) is 0 Å². The Morgan fingerprint density at radius 3 is 0.444 bits per heavy atom. The summed E-state index contributed by atoms with van der Waals surface area (Å²) in [7, 11) is 0. The van der Waals surface area contributed by atoms with Gasteiger partial charge >= 0.3 is 74.1 Å². The van der Waals surface area contributed by atoms with Crippen LogP contribution in [0.25, 0.3) is 0 Å². The summed E-state index contributed by atoms with van der Waals surface area (Å²) in [5.74, 6) is -51.0. The summed E-state index contributed by atoms with van der Waals surface area (Å²) >= 11 is 0. The van der Waals surface area contributed by atoms with Crippen LogP contribution in [0.3, 0.4) is 0 Å². The molecule has 0 aliphatic rings. The van der Waals surface area contributed by atoms with Gasteiger partial charge in [-0.1, -0.05) is 0 Å². The van der Waals surface area contributed by atoms with Crippen LogP contribution in [0.5, 0.6) is 0 Å². The molecule has 166 valence electrons. The molecule has 19 heteroatoms. The molecule has 0 N–H and O–H groups in total. The van der Waals surface area contributed by atoms with Crippen molar-refractivity contribution in [2.24, 2.45) is 0 Å². The Balaban J connectivity index is 0. The van der Waals surface area contributed by atoms with Crippen molar-refractivity contribution >= 4 is 26.2 Å². The first-order valence-electron chi connectivity index (χ1n) is 5.15. The standard InChI is InChI=1S/C8F18.Bi.3H/c9-1(10,3(13,14)5(17,18)7(21,22)23)2(11,12)4(15,16)6(19,20)8(24,25)26;;;;. The Morgan fingerprint density at radius 1 is 0.222 bits per heavy atom. The van der Waals surface area contributed by atoms with Gasteiger partial charge in [-0.05, 0) is 0 Å². The van der Waals surface area contributed by atoms with Gasteiger partial charge in [0, 0.05) is 0 Å². The van der Waals surface area contributed by atoms with Crippen LogP contribution in [0.15, 0.2) is 0 Å². The van der Waals surface area contributed by atoms with Gasteiger partial charge in [0.2, 0.25) is 0 Å². The summed E-state index contributed by atoms with van der Waals surface area (Å²) in [6.45, 7) is 0. The van der Waals surface area contributed by atoms with Crippen LogP contribution in [0, 0.1) is 0 Å². The molecular formula is C8H3BiF18. The molecule has 0 amide bonds. The van der Waals surface area contributed by atoms with E-state index in [0.29, 0.717) is 0 Å². The second kappa shape index (κ2) is 6.85. The molecular weight excluding hydrogens is 647 g/mol. The van der Waals surface area contributed by atoms with Gasteiger partial charge in [-0.25, -0.2) is 0 Å². The second-order valence-electron chi connectivity index (χ2n) is 4.44. The average molecular weight is 650 g/mol. The van der Waals surface area contributed by atoms with Crippen LogP contribution in [0.4, 0.5) is 79.0 Å². The average Bonchev–Trinajstić information content (AvgIpc) is 2.34. The fourth-order valence-electron chi connectivity index (χ4n) is 1.14. The van der Waals surface area contributed by atoms with Gasteiger partial charge in [-0.3, -0.25) is 0 Å². The van der Waals surface area contributed by atoms with Crippen LogP contribution in [-0.2, 0) is 0 Å². The molecule has 0 aliphatic heterocycles. The topological polar surface area (TPSA) is 0 Å². The van der Waals surface area contributed by atoms with E-state index >= 15 is 0 Å². The number of hydrogen-bond donors (Lipinski definition) is 0. The minimum absolute atomic E-state index is 0. The summed E-state index contributed by atoms with van der Waals surface area (Å²) < 4.78 is 221. The summed E-state index contributed by atoms with van der Waals surface area (Å²) in [4.78, 5) is 0. The number of halogens is 18. The molecule has 0 heterocycles. The summed E-state index contributed by atoms with van der Waals surface area (Å²) in [5.41, 5.74) is 0. The number of rotatable bonds is 5. The zero-order chi connectivity index (χ0) is 22.0. The van der Waals surface area contributed by atoms with Gasteiger partial charge in [-0.2, -0.15) is 79.0 Å². The minimum atomic E-state index is -8.72. The maximum absolute atomic E-state index is 12.8. The molecule has 0 saturated carbocycles. The first-order chi connectivity index (χ1) is 10.8. The SMILES string of the molecule is FC(F)(F)C(F)(F)C(F)(F)C(F)(F)C(F)(F)C(F)(F)C(F)(F)C(F)(F)F.[BiH3]. The molecule has 0 radical (unpaired) electrons. The summed E-state index contributed by atoms with van der Waals surface area (Å²) in [5, 5.41) is 0. The van der Waals surface area contributed by atoms with Crippen molar-refractivity contribution in [1.29, 1.82) is 0 Å². The maximum atomic E-state index is 12.8. The Hall–Kier alpha value is -0.377. The fourth-order valence-corrected chi connectivity index (χ4v) is 1.14. The van der Waals surface area contributed by atoms with E-state index in [1.54, 1.807) is 0 Å². The van der Waals surface area contributed by atoms with Crippen LogP contribution in [-0.4, -0.2) is 74.1 Å². The second-order valence-corrected chi connectivity index (χ2v) is 4.44. The molecule has 0 fully saturated rings. The van der Waals surface area contributed by atoms with Gasteiger partial charge < -0.3 is 0 Å². The van der Waals surface area contributed by atoms with Gasteiger partial charge in [0.1, 0.15) is 0 Å². The zero-order valence-corrected chi connectivity index (χ0v) is 17.0. The predicted molar refractivity (Wildman–Crippen MR) is 51.7 cm³/mol. The molecule has 27 heavy (non-hydrogen) atoms. The van der Waals surface area contributed by atoms with E-state index in [1.165, 1.54) is 0 Å². The van der Waals surface area contributed by atoms with E-state index in [4.69, 9.17) is 0 Å². The Morgan fingerprint density at radius 2 is 0.333 bits per heavy atom. The third kappa shape index (κ3) is 3.65. The monoisotopic (exact) mass is 650 g/mol. The van der Waals surface area contributed by atoms with Gasteiger partial charge in [0.05, 0.1) is 0 Å². The zero-order valence-electron chi connectivity index (χ0n) is 11.5. The molecule has 0 nitrogen and oxygen atoms in total. The Labute approximate surface area is 154 Å². The van der Waals surface area contributed by atoms with E-state index < -0.39 is 47.9 Å². The van der Waals surface area contributed by atoms with E-state index in [1.807, 2.05) is 0 Å². The fraction of sp³-hybridized carbons (Fsp3) is 1.00. The van der Waals surface area contributed by atoms with Gasteiger partial charge in [-0.15, -0.1) is 0 Å². The third-order valence-corrected chi connectivity index (χ3v) is 2.68.